The number of halogens is 1. The van der Waals surface area contributed by atoms with Crippen LogP contribution in [0.5, 0.6) is 0 Å². The van der Waals surface area contributed by atoms with E-state index in [2.05, 4.69) is 20.9 Å². The molecule has 1 unspecified atom stereocenters. The molecule has 1 fully saturated rings. The van der Waals surface area contributed by atoms with Gasteiger partial charge in [0.2, 0.25) is 0 Å². The van der Waals surface area contributed by atoms with Crippen molar-refractivity contribution in [1.29, 1.82) is 0 Å². The molecule has 0 aliphatic carbocycles. The van der Waals surface area contributed by atoms with E-state index in [1.807, 2.05) is 23.7 Å². The van der Waals surface area contributed by atoms with Gasteiger partial charge in [0.25, 0.3) is 5.91 Å². The van der Waals surface area contributed by atoms with Gasteiger partial charge in [-0.3, -0.25) is 4.79 Å². The van der Waals surface area contributed by atoms with Crippen LogP contribution in [0.2, 0.25) is 5.02 Å². The molecule has 3 rings (SSSR count). The molecule has 26 heavy (non-hydrogen) atoms. The Morgan fingerprint density at radius 1 is 1.38 bits per heavy atom. The van der Waals surface area contributed by atoms with Gasteiger partial charge in [0.05, 0.1) is 17.8 Å². The van der Waals surface area contributed by atoms with Crippen molar-refractivity contribution in [3.05, 3.63) is 46.2 Å². The number of methoxy groups -OCH3 is 1. The van der Waals surface area contributed by atoms with Crippen LogP contribution in [0, 0.1) is 6.92 Å². The van der Waals surface area contributed by atoms with Crippen molar-refractivity contribution in [2.24, 2.45) is 0 Å². The van der Waals surface area contributed by atoms with Crippen molar-refractivity contribution in [3.63, 3.8) is 0 Å². The van der Waals surface area contributed by atoms with Crippen LogP contribution in [0.1, 0.15) is 46.7 Å². The third-order valence-electron chi connectivity index (χ3n) is 4.77. The number of nitrogens with zero attached hydrogens (tertiary/aromatic N) is 3. The Hall–Kier alpha value is -1.96. The van der Waals surface area contributed by atoms with E-state index in [-0.39, 0.29) is 12.0 Å². The SMILES string of the molecule is COC(CNC(=O)c1nnn(C2CCNCC2)c1C)c1ccc(Cl)cc1. The number of carbonyl (C=O) groups excluding carboxylic acids is 1. The minimum atomic E-state index is -0.254. The smallest absolute Gasteiger partial charge is 0.273 e. The molecule has 2 N–H and O–H groups in total. The van der Waals surface area contributed by atoms with Crippen LogP contribution in [0.15, 0.2) is 24.3 Å². The van der Waals surface area contributed by atoms with Crippen molar-refractivity contribution >= 4 is 17.5 Å². The fraction of sp³-hybridized carbons (Fsp3) is 0.500. The van der Waals surface area contributed by atoms with E-state index >= 15 is 0 Å². The first-order valence-electron chi connectivity index (χ1n) is 8.79. The molecule has 7 nitrogen and oxygen atoms in total. The number of ether oxygens (including phenoxy) is 1. The highest BCUT2D eigenvalue weighted by molar-refractivity contribution is 6.30. The highest BCUT2D eigenvalue weighted by Crippen LogP contribution is 2.21. The first-order chi connectivity index (χ1) is 12.6. The third-order valence-corrected chi connectivity index (χ3v) is 5.02. The Balaban J connectivity index is 1.64. The van der Waals surface area contributed by atoms with Crippen molar-refractivity contribution in [2.75, 3.05) is 26.7 Å². The lowest BCUT2D eigenvalue weighted by atomic mass is 10.1. The zero-order chi connectivity index (χ0) is 18.5. The molecule has 0 saturated carbocycles. The third kappa shape index (κ3) is 4.23. The summed E-state index contributed by atoms with van der Waals surface area (Å²) >= 11 is 5.92. The lowest BCUT2D eigenvalue weighted by molar-refractivity contribution is 0.0823. The summed E-state index contributed by atoms with van der Waals surface area (Å²) in [6.45, 7) is 4.16. The lowest BCUT2D eigenvalue weighted by Gasteiger charge is -2.23. The van der Waals surface area contributed by atoms with Gasteiger partial charge < -0.3 is 15.4 Å². The summed E-state index contributed by atoms with van der Waals surface area (Å²) in [5, 5.41) is 15.2. The van der Waals surface area contributed by atoms with Crippen LogP contribution in [0.25, 0.3) is 0 Å². The Morgan fingerprint density at radius 2 is 2.08 bits per heavy atom. The molecule has 1 aliphatic rings. The molecule has 0 spiro atoms. The normalized spacial score (nSPS) is 16.4. The summed E-state index contributed by atoms with van der Waals surface area (Å²) < 4.78 is 7.36. The highest BCUT2D eigenvalue weighted by Gasteiger charge is 2.23. The Morgan fingerprint density at radius 3 is 2.73 bits per heavy atom. The minimum absolute atomic E-state index is 0.237. The number of hydrogen-bond donors (Lipinski definition) is 2. The van der Waals surface area contributed by atoms with Crippen LogP contribution in [0.4, 0.5) is 0 Å². The zero-order valence-corrected chi connectivity index (χ0v) is 15.8. The monoisotopic (exact) mass is 377 g/mol. The lowest BCUT2D eigenvalue weighted by Crippen LogP contribution is -2.31. The van der Waals surface area contributed by atoms with E-state index in [0.717, 1.165) is 37.2 Å². The second kappa shape index (κ2) is 8.62. The van der Waals surface area contributed by atoms with Gasteiger partial charge in [-0.2, -0.15) is 0 Å². The van der Waals surface area contributed by atoms with Gasteiger partial charge in [0.15, 0.2) is 5.69 Å². The number of benzene rings is 1. The molecular weight excluding hydrogens is 354 g/mol. The predicted octanol–water partition coefficient (Wildman–Crippen LogP) is 2.28. The van der Waals surface area contributed by atoms with Gasteiger partial charge >= 0.3 is 0 Å². The fourth-order valence-electron chi connectivity index (χ4n) is 3.23. The summed E-state index contributed by atoms with van der Waals surface area (Å²) in [5.41, 5.74) is 2.12. The standard InChI is InChI=1S/C18H24ClN5O2/c1-12-17(22-23-24(12)15-7-9-20-10-8-15)18(25)21-11-16(26-2)13-3-5-14(19)6-4-13/h3-6,15-16,20H,7-11H2,1-2H3,(H,21,25). The second-order valence-corrected chi connectivity index (χ2v) is 6.87. The first-order valence-corrected chi connectivity index (χ1v) is 9.17. The molecular formula is C18H24ClN5O2. The summed E-state index contributed by atoms with van der Waals surface area (Å²) in [4.78, 5) is 12.6. The molecule has 140 valence electrons. The molecule has 2 heterocycles. The average Bonchev–Trinajstić information content (AvgIpc) is 3.05. The van der Waals surface area contributed by atoms with E-state index in [4.69, 9.17) is 16.3 Å². The average molecular weight is 378 g/mol. The molecule has 0 radical (unpaired) electrons. The maximum atomic E-state index is 12.6. The molecule has 8 heteroatoms. The minimum Gasteiger partial charge on any atom is -0.375 e. The number of nitrogens with one attached hydrogen (secondary N) is 2. The van der Waals surface area contributed by atoms with E-state index in [1.54, 1.807) is 19.2 Å². The predicted molar refractivity (Wildman–Crippen MR) is 99.4 cm³/mol. The number of carbonyl (C=O) groups is 1. The largest absolute Gasteiger partial charge is 0.375 e. The van der Waals surface area contributed by atoms with Gasteiger partial charge in [-0.1, -0.05) is 28.9 Å². The Labute approximate surface area is 158 Å². The van der Waals surface area contributed by atoms with Crippen LogP contribution < -0.4 is 10.6 Å². The van der Waals surface area contributed by atoms with E-state index < -0.39 is 0 Å². The maximum absolute atomic E-state index is 12.6. The molecule has 1 atom stereocenters. The Kier molecular flexibility index (Phi) is 6.24. The van der Waals surface area contributed by atoms with Gasteiger partial charge in [-0.25, -0.2) is 4.68 Å². The quantitative estimate of drug-likeness (QED) is 0.807. The van der Waals surface area contributed by atoms with Crippen molar-refractivity contribution < 1.29 is 9.53 Å². The maximum Gasteiger partial charge on any atom is 0.273 e. The Bertz CT molecular complexity index is 741. The summed E-state index contributed by atoms with van der Waals surface area (Å²) in [5.74, 6) is -0.237. The number of aromatic nitrogens is 3. The van der Waals surface area contributed by atoms with Crippen LogP contribution in [-0.4, -0.2) is 47.6 Å². The summed E-state index contributed by atoms with van der Waals surface area (Å²) in [6.07, 6.45) is 1.73. The molecule has 1 aromatic heterocycles. The van der Waals surface area contributed by atoms with E-state index in [1.165, 1.54) is 0 Å². The second-order valence-electron chi connectivity index (χ2n) is 6.44. The topological polar surface area (TPSA) is 81.1 Å². The molecule has 1 saturated heterocycles. The molecule has 1 aliphatic heterocycles. The van der Waals surface area contributed by atoms with Crippen molar-refractivity contribution in [3.8, 4) is 0 Å². The van der Waals surface area contributed by atoms with Crippen LogP contribution in [-0.2, 0) is 4.74 Å². The van der Waals surface area contributed by atoms with Gasteiger partial charge in [-0.15, -0.1) is 5.10 Å². The summed E-state index contributed by atoms with van der Waals surface area (Å²) in [7, 11) is 1.62. The molecule has 0 bridgehead atoms. The van der Waals surface area contributed by atoms with Crippen LogP contribution in [0.3, 0.4) is 0 Å². The molecule has 1 aromatic carbocycles. The number of amides is 1. The first kappa shape index (κ1) is 18.8. The number of piperidine rings is 1. The van der Waals surface area contributed by atoms with Crippen molar-refractivity contribution in [2.45, 2.75) is 31.9 Å². The molecule has 2 aromatic rings. The van der Waals surface area contributed by atoms with Crippen LogP contribution >= 0.6 is 11.6 Å². The fourth-order valence-corrected chi connectivity index (χ4v) is 3.36. The molecule has 1 amide bonds. The van der Waals surface area contributed by atoms with Gasteiger partial charge in [0.1, 0.15) is 0 Å². The van der Waals surface area contributed by atoms with E-state index in [9.17, 15) is 4.79 Å². The number of hydrogen-bond acceptors (Lipinski definition) is 5. The zero-order valence-electron chi connectivity index (χ0n) is 15.0. The van der Waals surface area contributed by atoms with Gasteiger partial charge in [-0.05, 0) is 50.6 Å². The highest BCUT2D eigenvalue weighted by atomic mass is 35.5. The van der Waals surface area contributed by atoms with Crippen molar-refractivity contribution in [1.82, 2.24) is 25.6 Å². The summed E-state index contributed by atoms with van der Waals surface area (Å²) in [6, 6.07) is 7.69. The van der Waals surface area contributed by atoms with E-state index in [0.29, 0.717) is 23.3 Å². The van der Waals surface area contributed by atoms with Gasteiger partial charge in [0, 0.05) is 18.7 Å². The number of rotatable bonds is 6.